The average Bonchev–Trinajstić information content (AvgIpc) is 2.30. The molecule has 1 aromatic carbocycles. The minimum absolute atomic E-state index is 0.205. The van der Waals surface area contributed by atoms with Gasteiger partial charge in [-0.25, -0.2) is 0 Å². The maximum Gasteiger partial charge on any atom is 0.305 e. The van der Waals surface area contributed by atoms with Crippen molar-refractivity contribution in [3.63, 3.8) is 0 Å². The molecule has 0 aliphatic carbocycles. The summed E-state index contributed by atoms with van der Waals surface area (Å²) in [6, 6.07) is 7.17. The summed E-state index contributed by atoms with van der Waals surface area (Å²) in [4.78, 5) is 22.3. The lowest BCUT2D eigenvalue weighted by Crippen LogP contribution is -2.14. The van der Waals surface area contributed by atoms with E-state index in [1.807, 2.05) is 12.1 Å². The largest absolute Gasteiger partial charge is 0.466 e. The van der Waals surface area contributed by atoms with Crippen LogP contribution in [0.2, 0.25) is 0 Å². The molecule has 2 N–H and O–H groups in total. The quantitative estimate of drug-likeness (QED) is 0.762. The first-order chi connectivity index (χ1) is 8.15. The van der Waals surface area contributed by atoms with Gasteiger partial charge in [0.15, 0.2) is 0 Å². The van der Waals surface area contributed by atoms with Crippen molar-refractivity contribution in [2.45, 2.75) is 26.2 Å². The Morgan fingerprint density at radius 2 is 2.00 bits per heavy atom. The predicted molar refractivity (Wildman–Crippen MR) is 64.5 cm³/mol. The lowest BCUT2D eigenvalue weighted by atomic mass is 10.0. The number of nitrogens with two attached hydrogens (primary N) is 1. The third kappa shape index (κ3) is 4.26. The summed E-state index contributed by atoms with van der Waals surface area (Å²) in [6.07, 6.45) is 1.67. The molecule has 0 saturated carbocycles. The maximum atomic E-state index is 11.2. The Hall–Kier alpha value is -1.84. The monoisotopic (exact) mass is 235 g/mol. The summed E-state index contributed by atoms with van der Waals surface area (Å²) >= 11 is 0. The third-order valence-electron chi connectivity index (χ3n) is 2.42. The summed E-state index contributed by atoms with van der Waals surface area (Å²) in [5, 5.41) is 0. The number of carbonyl (C=O) groups excluding carboxylic acids is 2. The number of esters is 1. The Kier molecular flexibility index (Phi) is 5.20. The molecule has 1 aromatic rings. The van der Waals surface area contributed by atoms with Gasteiger partial charge in [-0.15, -0.1) is 0 Å². The van der Waals surface area contributed by atoms with Gasteiger partial charge in [-0.1, -0.05) is 18.2 Å². The SMILES string of the molecule is CCOC(=O)CCCc1ccccc1C(N)=O. The normalized spacial score (nSPS) is 9.94. The Balaban J connectivity index is 2.52. The zero-order valence-corrected chi connectivity index (χ0v) is 9.94. The van der Waals surface area contributed by atoms with Crippen molar-refractivity contribution in [3.8, 4) is 0 Å². The lowest BCUT2D eigenvalue weighted by molar-refractivity contribution is -0.143. The number of rotatable bonds is 6. The molecule has 0 heterocycles. The minimum Gasteiger partial charge on any atom is -0.466 e. The summed E-state index contributed by atoms with van der Waals surface area (Å²) in [6.45, 7) is 2.18. The fraction of sp³-hybridized carbons (Fsp3) is 0.385. The molecule has 0 radical (unpaired) electrons. The molecule has 0 fully saturated rings. The van der Waals surface area contributed by atoms with Gasteiger partial charge in [-0.2, -0.15) is 0 Å². The van der Waals surface area contributed by atoms with Gasteiger partial charge in [-0.05, 0) is 31.4 Å². The summed E-state index contributed by atoms with van der Waals surface area (Å²) in [7, 11) is 0. The van der Waals surface area contributed by atoms with Crippen LogP contribution in [-0.4, -0.2) is 18.5 Å². The number of carbonyl (C=O) groups is 2. The number of hydrogen-bond acceptors (Lipinski definition) is 3. The van der Waals surface area contributed by atoms with Gasteiger partial charge in [0, 0.05) is 12.0 Å². The van der Waals surface area contributed by atoms with E-state index in [9.17, 15) is 9.59 Å². The van der Waals surface area contributed by atoms with Crippen LogP contribution in [0.3, 0.4) is 0 Å². The van der Waals surface area contributed by atoms with Gasteiger partial charge >= 0.3 is 5.97 Å². The third-order valence-corrected chi connectivity index (χ3v) is 2.42. The smallest absolute Gasteiger partial charge is 0.305 e. The van der Waals surface area contributed by atoms with Crippen molar-refractivity contribution >= 4 is 11.9 Å². The molecule has 17 heavy (non-hydrogen) atoms. The highest BCUT2D eigenvalue weighted by Gasteiger charge is 2.08. The van der Waals surface area contributed by atoms with Crippen LogP contribution in [0.5, 0.6) is 0 Å². The van der Waals surface area contributed by atoms with Gasteiger partial charge in [0.25, 0.3) is 0 Å². The number of benzene rings is 1. The van der Waals surface area contributed by atoms with Crippen molar-refractivity contribution < 1.29 is 14.3 Å². The highest BCUT2D eigenvalue weighted by Crippen LogP contribution is 2.11. The Morgan fingerprint density at radius 3 is 2.65 bits per heavy atom. The number of amides is 1. The van der Waals surface area contributed by atoms with Crippen molar-refractivity contribution in [2.75, 3.05) is 6.61 Å². The fourth-order valence-corrected chi connectivity index (χ4v) is 1.64. The molecule has 0 aliphatic heterocycles. The lowest BCUT2D eigenvalue weighted by Gasteiger charge is -2.06. The molecule has 0 aliphatic rings. The first-order valence-electron chi connectivity index (χ1n) is 5.68. The first kappa shape index (κ1) is 13.2. The van der Waals surface area contributed by atoms with E-state index in [1.54, 1.807) is 19.1 Å². The topological polar surface area (TPSA) is 69.4 Å². The molecular formula is C13H17NO3. The van der Waals surface area contributed by atoms with E-state index in [0.717, 1.165) is 5.56 Å². The van der Waals surface area contributed by atoms with Crippen LogP contribution in [0, 0.1) is 0 Å². The first-order valence-corrected chi connectivity index (χ1v) is 5.68. The van der Waals surface area contributed by atoms with Gasteiger partial charge in [0.2, 0.25) is 5.91 Å². The summed E-state index contributed by atoms with van der Waals surface area (Å²) in [5.41, 5.74) is 6.67. The molecule has 4 nitrogen and oxygen atoms in total. The van der Waals surface area contributed by atoms with Crippen LogP contribution in [0.15, 0.2) is 24.3 Å². The fourth-order valence-electron chi connectivity index (χ4n) is 1.64. The second kappa shape index (κ2) is 6.68. The molecule has 1 amide bonds. The molecule has 4 heteroatoms. The van der Waals surface area contributed by atoms with E-state index < -0.39 is 5.91 Å². The van der Waals surface area contributed by atoms with Crippen LogP contribution in [0.25, 0.3) is 0 Å². The number of aryl methyl sites for hydroxylation is 1. The predicted octanol–water partition coefficient (Wildman–Crippen LogP) is 1.67. The second-order valence-electron chi connectivity index (χ2n) is 3.68. The van der Waals surface area contributed by atoms with E-state index in [-0.39, 0.29) is 5.97 Å². The standard InChI is InChI=1S/C13H17NO3/c1-2-17-12(15)9-5-7-10-6-3-4-8-11(10)13(14)16/h3-4,6,8H,2,5,7,9H2,1H3,(H2,14,16). The minimum atomic E-state index is -0.434. The molecule has 1 rings (SSSR count). The molecule has 92 valence electrons. The van der Waals surface area contributed by atoms with Crippen LogP contribution < -0.4 is 5.73 Å². The second-order valence-corrected chi connectivity index (χ2v) is 3.68. The van der Waals surface area contributed by atoms with Gasteiger partial charge in [0.05, 0.1) is 6.61 Å². The van der Waals surface area contributed by atoms with Crippen LogP contribution in [-0.2, 0) is 16.0 Å². The molecule has 0 bridgehead atoms. The van der Waals surface area contributed by atoms with Crippen molar-refractivity contribution in [1.29, 1.82) is 0 Å². The number of hydrogen-bond donors (Lipinski definition) is 1. The zero-order valence-electron chi connectivity index (χ0n) is 9.94. The highest BCUT2D eigenvalue weighted by molar-refractivity contribution is 5.94. The van der Waals surface area contributed by atoms with Crippen LogP contribution >= 0.6 is 0 Å². The van der Waals surface area contributed by atoms with Gasteiger partial charge in [-0.3, -0.25) is 9.59 Å². The van der Waals surface area contributed by atoms with E-state index in [0.29, 0.717) is 31.4 Å². The Labute approximate surface area is 101 Å². The van der Waals surface area contributed by atoms with Gasteiger partial charge in [0.1, 0.15) is 0 Å². The number of primary amides is 1. The van der Waals surface area contributed by atoms with Crippen LogP contribution in [0.4, 0.5) is 0 Å². The van der Waals surface area contributed by atoms with Crippen molar-refractivity contribution in [2.24, 2.45) is 5.73 Å². The van der Waals surface area contributed by atoms with Crippen molar-refractivity contribution in [3.05, 3.63) is 35.4 Å². The average molecular weight is 235 g/mol. The van der Waals surface area contributed by atoms with E-state index >= 15 is 0 Å². The molecule has 0 unspecified atom stereocenters. The summed E-state index contributed by atoms with van der Waals surface area (Å²) in [5.74, 6) is -0.638. The molecular weight excluding hydrogens is 218 g/mol. The zero-order chi connectivity index (χ0) is 12.7. The molecule has 0 spiro atoms. The Bertz CT molecular complexity index is 401. The van der Waals surface area contributed by atoms with Crippen molar-refractivity contribution in [1.82, 2.24) is 0 Å². The Morgan fingerprint density at radius 1 is 1.29 bits per heavy atom. The molecule has 0 saturated heterocycles. The van der Waals surface area contributed by atoms with E-state index in [2.05, 4.69) is 0 Å². The summed E-state index contributed by atoms with van der Waals surface area (Å²) < 4.78 is 4.83. The van der Waals surface area contributed by atoms with E-state index in [1.165, 1.54) is 0 Å². The number of ether oxygens (including phenoxy) is 1. The van der Waals surface area contributed by atoms with E-state index in [4.69, 9.17) is 10.5 Å². The molecule has 0 atom stereocenters. The maximum absolute atomic E-state index is 11.2. The van der Waals surface area contributed by atoms with Crippen LogP contribution in [0.1, 0.15) is 35.7 Å². The highest BCUT2D eigenvalue weighted by atomic mass is 16.5. The molecule has 0 aromatic heterocycles. The van der Waals surface area contributed by atoms with Gasteiger partial charge < -0.3 is 10.5 Å².